The topological polar surface area (TPSA) is 23.3 Å². The molecule has 0 radical (unpaired) electrons. The summed E-state index contributed by atoms with van der Waals surface area (Å²) in [5.74, 6) is 0.892. The van der Waals surface area contributed by atoms with E-state index >= 15 is 0 Å². The van der Waals surface area contributed by atoms with Gasteiger partial charge in [0.25, 0.3) is 0 Å². The summed E-state index contributed by atoms with van der Waals surface area (Å²) in [4.78, 5) is 13.4. The van der Waals surface area contributed by atoms with Gasteiger partial charge in [-0.25, -0.2) is 4.58 Å². The fraction of sp³-hybridized carbons (Fsp3) is 0.520. The highest BCUT2D eigenvalue weighted by Gasteiger charge is 2.18. The second-order valence-electron chi connectivity index (χ2n) is 9.05. The van der Waals surface area contributed by atoms with Gasteiger partial charge >= 0.3 is 0 Å². The van der Waals surface area contributed by atoms with Crippen LogP contribution in [0.15, 0.2) is 42.5 Å². The minimum absolute atomic E-state index is 0.205. The van der Waals surface area contributed by atoms with Crippen LogP contribution in [0.3, 0.4) is 0 Å². The third kappa shape index (κ3) is 9.31. The Morgan fingerprint density at radius 2 is 1.97 bits per heavy atom. The van der Waals surface area contributed by atoms with Gasteiger partial charge < -0.3 is 9.38 Å². The Labute approximate surface area is 187 Å². The van der Waals surface area contributed by atoms with E-state index < -0.39 is 0 Å². The van der Waals surface area contributed by atoms with Crippen LogP contribution in [0.5, 0.6) is 0 Å². The molecular weight excluding hydrogens is 390 g/mol. The molecule has 2 rings (SSSR count). The maximum atomic E-state index is 11.1. The summed E-state index contributed by atoms with van der Waals surface area (Å²) >= 11 is 1.42. The number of hydrogen-bond acceptors (Lipinski definition) is 3. The first kappa shape index (κ1) is 24.4. The fourth-order valence-electron chi connectivity index (χ4n) is 3.50. The van der Waals surface area contributed by atoms with Crippen molar-refractivity contribution in [3.8, 4) is 0 Å². The number of quaternary nitrogens is 1. The van der Waals surface area contributed by atoms with Gasteiger partial charge in [0.05, 0.1) is 27.7 Å². The van der Waals surface area contributed by atoms with Crippen LogP contribution < -0.4 is 4.90 Å². The van der Waals surface area contributed by atoms with Gasteiger partial charge in [-0.1, -0.05) is 36.0 Å². The predicted molar refractivity (Wildman–Crippen MR) is 133 cm³/mol. The number of rotatable bonds is 11. The van der Waals surface area contributed by atoms with Crippen molar-refractivity contribution in [2.45, 2.75) is 32.2 Å². The Kier molecular flexibility index (Phi) is 9.86. The minimum Gasteiger partial charge on any atom is -0.374 e. The zero-order chi connectivity index (χ0) is 22.0. The average Bonchev–Trinajstić information content (AvgIpc) is 2.69. The standard InChI is InChI=1S/C25H39N3OS/c1-22(29)30-21-9-19-27-18-7-6-10-25(27)16-13-23-11-14-24(15-12-23)26(2)17-8-20-28(3,4)5/h6-7,11-16,18,25H,8-10,17,19-21H2,1-5H3/q+2/b16-13+. The van der Waals surface area contributed by atoms with Crippen LogP contribution in [0, 0.1) is 0 Å². The smallest absolute Gasteiger partial charge is 0.185 e. The lowest BCUT2D eigenvalue weighted by molar-refractivity contribution is -0.870. The van der Waals surface area contributed by atoms with Crippen molar-refractivity contribution in [3.05, 3.63) is 48.1 Å². The number of nitrogens with zero attached hydrogens (tertiary/aromatic N) is 3. The first-order chi connectivity index (χ1) is 14.2. The maximum absolute atomic E-state index is 11.1. The number of allylic oxidation sites excluding steroid dienone is 1. The lowest BCUT2D eigenvalue weighted by Crippen LogP contribution is -2.37. The fourth-order valence-corrected chi connectivity index (χ4v) is 4.06. The largest absolute Gasteiger partial charge is 0.374 e. The summed E-state index contributed by atoms with van der Waals surface area (Å²) in [5.41, 5.74) is 2.51. The van der Waals surface area contributed by atoms with Crippen LogP contribution in [0.4, 0.5) is 5.69 Å². The van der Waals surface area contributed by atoms with Crippen molar-refractivity contribution >= 4 is 34.9 Å². The van der Waals surface area contributed by atoms with Gasteiger partial charge in [-0.3, -0.25) is 4.79 Å². The van der Waals surface area contributed by atoms with Crippen LogP contribution in [0.1, 0.15) is 31.7 Å². The zero-order valence-corrected chi connectivity index (χ0v) is 20.2. The first-order valence-corrected chi connectivity index (χ1v) is 11.9. The first-order valence-electron chi connectivity index (χ1n) is 10.9. The van der Waals surface area contributed by atoms with Gasteiger partial charge in [0.1, 0.15) is 6.54 Å². The molecule has 0 aliphatic carbocycles. The third-order valence-electron chi connectivity index (χ3n) is 5.25. The van der Waals surface area contributed by atoms with Crippen LogP contribution in [0.2, 0.25) is 0 Å². The second kappa shape index (κ2) is 12.1. The molecule has 5 heteroatoms. The van der Waals surface area contributed by atoms with Gasteiger partial charge in [0, 0.05) is 51.2 Å². The van der Waals surface area contributed by atoms with Gasteiger partial charge in [0.15, 0.2) is 17.4 Å². The predicted octanol–water partition coefficient (Wildman–Crippen LogP) is 4.31. The molecule has 1 atom stereocenters. The van der Waals surface area contributed by atoms with Crippen molar-refractivity contribution in [2.24, 2.45) is 0 Å². The molecule has 1 aromatic rings. The van der Waals surface area contributed by atoms with Crippen molar-refractivity contribution in [1.82, 2.24) is 0 Å². The molecule has 0 bridgehead atoms. The Morgan fingerprint density at radius 3 is 2.63 bits per heavy atom. The molecule has 0 N–H and O–H groups in total. The van der Waals surface area contributed by atoms with E-state index in [-0.39, 0.29) is 5.12 Å². The molecule has 164 valence electrons. The Hall–Kier alpha value is -1.85. The second-order valence-corrected chi connectivity index (χ2v) is 10.3. The van der Waals surface area contributed by atoms with E-state index in [0.29, 0.717) is 6.04 Å². The highest BCUT2D eigenvalue weighted by atomic mass is 32.2. The zero-order valence-electron chi connectivity index (χ0n) is 19.4. The van der Waals surface area contributed by atoms with E-state index in [4.69, 9.17) is 0 Å². The highest BCUT2D eigenvalue weighted by Crippen LogP contribution is 2.17. The minimum atomic E-state index is 0.205. The van der Waals surface area contributed by atoms with Crippen LogP contribution in [-0.2, 0) is 4.79 Å². The van der Waals surface area contributed by atoms with Crippen LogP contribution in [0.25, 0.3) is 6.08 Å². The quantitative estimate of drug-likeness (QED) is 0.297. The Bertz CT molecular complexity index is 760. The van der Waals surface area contributed by atoms with Crippen molar-refractivity contribution < 1.29 is 13.9 Å². The molecule has 1 unspecified atom stereocenters. The molecule has 0 fully saturated rings. The van der Waals surface area contributed by atoms with Gasteiger partial charge in [0.2, 0.25) is 0 Å². The molecule has 0 spiro atoms. The summed E-state index contributed by atoms with van der Waals surface area (Å²) in [6.45, 7) is 4.88. The Morgan fingerprint density at radius 1 is 1.23 bits per heavy atom. The van der Waals surface area contributed by atoms with E-state index in [1.165, 1.54) is 36.0 Å². The maximum Gasteiger partial charge on any atom is 0.185 e. The SMILES string of the molecule is CC(=O)SCCC[N+]1=CC=CCC1/C=C/c1ccc(N(C)CCC[N+](C)(C)C)cc1. The van der Waals surface area contributed by atoms with Crippen molar-refractivity contribution in [2.75, 3.05) is 58.5 Å². The van der Waals surface area contributed by atoms with E-state index in [0.717, 1.165) is 36.2 Å². The average molecular weight is 430 g/mol. The molecule has 30 heavy (non-hydrogen) atoms. The molecule has 1 heterocycles. The Balaban J connectivity index is 1.86. The normalized spacial score (nSPS) is 16.7. The van der Waals surface area contributed by atoms with Gasteiger partial charge in [-0.2, -0.15) is 0 Å². The molecule has 1 aliphatic rings. The lowest BCUT2D eigenvalue weighted by Gasteiger charge is -2.26. The number of anilines is 1. The molecule has 0 aromatic heterocycles. The monoisotopic (exact) mass is 429 g/mol. The van der Waals surface area contributed by atoms with Gasteiger partial charge in [-0.15, -0.1) is 0 Å². The summed E-state index contributed by atoms with van der Waals surface area (Å²) < 4.78 is 3.39. The van der Waals surface area contributed by atoms with Gasteiger partial charge in [-0.05, 0) is 29.8 Å². The molecule has 1 aromatic carbocycles. The highest BCUT2D eigenvalue weighted by molar-refractivity contribution is 8.13. The number of benzene rings is 1. The molecule has 0 amide bonds. The summed E-state index contributed by atoms with van der Waals surface area (Å²) in [6, 6.07) is 9.23. The molecule has 0 saturated carbocycles. The summed E-state index contributed by atoms with van der Waals surface area (Å²) in [6.07, 6.45) is 14.3. The molecule has 1 aliphatic heterocycles. The van der Waals surface area contributed by atoms with E-state index in [2.05, 4.69) is 92.5 Å². The van der Waals surface area contributed by atoms with Crippen LogP contribution >= 0.6 is 11.8 Å². The number of thioether (sulfide) groups is 1. The van der Waals surface area contributed by atoms with E-state index in [1.807, 2.05) is 0 Å². The van der Waals surface area contributed by atoms with E-state index in [1.54, 1.807) is 6.92 Å². The summed E-state index contributed by atoms with van der Waals surface area (Å²) in [5, 5.41) is 0.205. The van der Waals surface area contributed by atoms with Crippen molar-refractivity contribution in [1.29, 1.82) is 0 Å². The molecular formula is C25H39N3OS+2. The number of carbonyl (C=O) groups excluding carboxylic acids is 1. The summed E-state index contributed by atoms with van der Waals surface area (Å²) in [7, 11) is 8.90. The van der Waals surface area contributed by atoms with E-state index in [9.17, 15) is 4.79 Å². The molecule has 4 nitrogen and oxygen atoms in total. The third-order valence-corrected chi connectivity index (χ3v) is 6.15. The number of hydrogen-bond donors (Lipinski definition) is 0. The molecule has 0 saturated heterocycles. The lowest BCUT2D eigenvalue weighted by atomic mass is 10.1. The van der Waals surface area contributed by atoms with Crippen LogP contribution in [-0.4, -0.2) is 80.0 Å². The van der Waals surface area contributed by atoms with Crippen molar-refractivity contribution in [3.63, 3.8) is 0 Å². The number of carbonyl (C=O) groups is 1.